The predicted molar refractivity (Wildman–Crippen MR) is 96.9 cm³/mol. The Hall–Kier alpha value is -2.43. The fourth-order valence-corrected chi connectivity index (χ4v) is 3.20. The molecule has 1 heterocycles. The van der Waals surface area contributed by atoms with E-state index in [9.17, 15) is 9.59 Å². The van der Waals surface area contributed by atoms with Crippen LogP contribution in [0.25, 0.3) is 0 Å². The molecule has 1 aromatic rings. The third kappa shape index (κ3) is 5.55. The Morgan fingerprint density at radius 1 is 1.42 bits per heavy atom. The van der Waals surface area contributed by atoms with Crippen LogP contribution in [0.1, 0.15) is 24.8 Å². The molecule has 3 unspecified atom stereocenters. The third-order valence-corrected chi connectivity index (χ3v) is 4.47. The van der Waals surface area contributed by atoms with E-state index in [4.69, 9.17) is 15.7 Å². The standard InChI is InChI=1S/C19H26N4O3/c1-26-13-15(10-14-6-3-2-4-7-14)22-18(24)11-17(21)19(25)23-9-5-8-16(23)12-20/h2-4,6-7,15-17H,5,8-11,13,21H2,1H3,(H,22,24). The van der Waals surface area contributed by atoms with Gasteiger partial charge in [0.05, 0.1) is 31.2 Å². The van der Waals surface area contributed by atoms with E-state index in [2.05, 4.69) is 11.4 Å². The van der Waals surface area contributed by atoms with Gasteiger partial charge in [-0.25, -0.2) is 0 Å². The quantitative estimate of drug-likeness (QED) is 0.707. The molecule has 26 heavy (non-hydrogen) atoms. The van der Waals surface area contributed by atoms with Crippen LogP contribution in [0.4, 0.5) is 0 Å². The number of nitrogens with one attached hydrogen (secondary N) is 1. The van der Waals surface area contributed by atoms with E-state index in [0.29, 0.717) is 26.0 Å². The average Bonchev–Trinajstić information content (AvgIpc) is 3.10. The molecule has 0 radical (unpaired) electrons. The molecule has 0 spiro atoms. The smallest absolute Gasteiger partial charge is 0.241 e. The number of benzene rings is 1. The summed E-state index contributed by atoms with van der Waals surface area (Å²) < 4.78 is 5.18. The average molecular weight is 358 g/mol. The highest BCUT2D eigenvalue weighted by molar-refractivity contribution is 5.88. The summed E-state index contributed by atoms with van der Waals surface area (Å²) >= 11 is 0. The molecule has 1 aliphatic rings. The first kappa shape index (κ1) is 19.9. The topological polar surface area (TPSA) is 108 Å². The minimum absolute atomic E-state index is 0.109. The summed E-state index contributed by atoms with van der Waals surface area (Å²) in [7, 11) is 1.58. The molecule has 2 amide bonds. The van der Waals surface area contributed by atoms with Crippen molar-refractivity contribution < 1.29 is 14.3 Å². The van der Waals surface area contributed by atoms with Crippen LogP contribution in [-0.2, 0) is 20.7 Å². The molecule has 1 aromatic carbocycles. The molecular formula is C19H26N4O3. The molecule has 0 aromatic heterocycles. The van der Waals surface area contributed by atoms with Crippen LogP contribution >= 0.6 is 0 Å². The van der Waals surface area contributed by atoms with Crippen molar-refractivity contribution in [2.45, 2.75) is 43.8 Å². The summed E-state index contributed by atoms with van der Waals surface area (Å²) in [5.41, 5.74) is 7.01. The van der Waals surface area contributed by atoms with E-state index in [-0.39, 0.29) is 24.3 Å². The van der Waals surface area contributed by atoms with E-state index in [1.54, 1.807) is 7.11 Å². The molecular weight excluding hydrogens is 332 g/mol. The number of hydrogen-bond acceptors (Lipinski definition) is 5. The summed E-state index contributed by atoms with van der Waals surface area (Å²) in [6.07, 6.45) is 1.97. The summed E-state index contributed by atoms with van der Waals surface area (Å²) in [5.74, 6) is -0.632. The van der Waals surface area contributed by atoms with Crippen molar-refractivity contribution in [1.82, 2.24) is 10.2 Å². The van der Waals surface area contributed by atoms with Crippen molar-refractivity contribution in [2.24, 2.45) is 5.73 Å². The minimum atomic E-state index is -0.941. The molecule has 1 aliphatic heterocycles. The molecule has 7 nitrogen and oxygen atoms in total. The first-order chi connectivity index (χ1) is 12.5. The number of amides is 2. The van der Waals surface area contributed by atoms with Gasteiger partial charge in [0, 0.05) is 13.7 Å². The maximum absolute atomic E-state index is 12.4. The van der Waals surface area contributed by atoms with E-state index >= 15 is 0 Å². The van der Waals surface area contributed by atoms with E-state index < -0.39 is 12.1 Å². The summed E-state index contributed by atoms with van der Waals surface area (Å²) in [6, 6.07) is 10.3. The van der Waals surface area contributed by atoms with Gasteiger partial charge in [0.25, 0.3) is 0 Å². The van der Waals surface area contributed by atoms with E-state index in [1.807, 2.05) is 30.3 Å². The zero-order valence-electron chi connectivity index (χ0n) is 15.1. The first-order valence-corrected chi connectivity index (χ1v) is 8.83. The van der Waals surface area contributed by atoms with Crippen LogP contribution in [0.3, 0.4) is 0 Å². The first-order valence-electron chi connectivity index (χ1n) is 8.83. The highest BCUT2D eigenvalue weighted by atomic mass is 16.5. The van der Waals surface area contributed by atoms with Crippen molar-refractivity contribution in [1.29, 1.82) is 5.26 Å². The van der Waals surface area contributed by atoms with Crippen molar-refractivity contribution in [3.8, 4) is 6.07 Å². The van der Waals surface area contributed by atoms with Crippen LogP contribution in [-0.4, -0.2) is 55.1 Å². The second kappa shape index (κ2) is 9.90. The monoisotopic (exact) mass is 358 g/mol. The number of hydrogen-bond donors (Lipinski definition) is 2. The number of carbonyl (C=O) groups is 2. The van der Waals surface area contributed by atoms with Gasteiger partial charge in [0.1, 0.15) is 6.04 Å². The molecule has 0 bridgehead atoms. The van der Waals surface area contributed by atoms with Gasteiger partial charge < -0.3 is 20.7 Å². The predicted octanol–water partition coefficient (Wildman–Crippen LogP) is 0.592. The van der Waals surface area contributed by atoms with Gasteiger partial charge in [0.2, 0.25) is 11.8 Å². The van der Waals surface area contributed by atoms with Crippen LogP contribution in [0, 0.1) is 11.3 Å². The van der Waals surface area contributed by atoms with Crippen molar-refractivity contribution in [3.05, 3.63) is 35.9 Å². The van der Waals surface area contributed by atoms with Gasteiger partial charge in [0.15, 0.2) is 0 Å². The Bertz CT molecular complexity index is 644. The van der Waals surface area contributed by atoms with Gasteiger partial charge in [-0.2, -0.15) is 5.26 Å². The van der Waals surface area contributed by atoms with Crippen LogP contribution in [0.2, 0.25) is 0 Å². The number of nitriles is 1. The summed E-state index contributed by atoms with van der Waals surface area (Å²) in [4.78, 5) is 26.2. The maximum Gasteiger partial charge on any atom is 0.241 e. The molecule has 3 N–H and O–H groups in total. The zero-order chi connectivity index (χ0) is 18.9. The second-order valence-electron chi connectivity index (χ2n) is 6.54. The van der Waals surface area contributed by atoms with E-state index in [0.717, 1.165) is 12.0 Å². The fraction of sp³-hybridized carbons (Fsp3) is 0.526. The van der Waals surface area contributed by atoms with Crippen LogP contribution < -0.4 is 11.1 Å². The number of nitrogens with zero attached hydrogens (tertiary/aromatic N) is 2. The molecule has 3 atom stereocenters. The van der Waals surface area contributed by atoms with Crippen molar-refractivity contribution in [3.63, 3.8) is 0 Å². The Kier molecular flexibility index (Phi) is 7.57. The van der Waals surface area contributed by atoms with Gasteiger partial charge in [-0.05, 0) is 24.8 Å². The largest absolute Gasteiger partial charge is 0.383 e. The van der Waals surface area contributed by atoms with Crippen LogP contribution in [0.5, 0.6) is 0 Å². The molecule has 1 saturated heterocycles. The lowest BCUT2D eigenvalue weighted by Gasteiger charge is -2.24. The Morgan fingerprint density at radius 2 is 2.15 bits per heavy atom. The molecule has 7 heteroatoms. The maximum atomic E-state index is 12.4. The van der Waals surface area contributed by atoms with E-state index in [1.165, 1.54) is 4.90 Å². The third-order valence-electron chi connectivity index (χ3n) is 4.47. The van der Waals surface area contributed by atoms with Crippen LogP contribution in [0.15, 0.2) is 30.3 Å². The highest BCUT2D eigenvalue weighted by Crippen LogP contribution is 2.17. The number of rotatable bonds is 8. The molecule has 140 valence electrons. The Morgan fingerprint density at radius 3 is 2.81 bits per heavy atom. The zero-order valence-corrected chi connectivity index (χ0v) is 15.1. The SMILES string of the molecule is COCC(Cc1ccccc1)NC(=O)CC(N)C(=O)N1CCCC1C#N. The highest BCUT2D eigenvalue weighted by Gasteiger charge is 2.32. The van der Waals surface area contributed by atoms with Crippen molar-refractivity contribution in [2.75, 3.05) is 20.3 Å². The number of nitrogens with two attached hydrogens (primary N) is 1. The molecule has 0 aliphatic carbocycles. The Balaban J connectivity index is 1.88. The second-order valence-corrected chi connectivity index (χ2v) is 6.54. The Labute approximate surface area is 154 Å². The van der Waals surface area contributed by atoms with Gasteiger partial charge in [-0.3, -0.25) is 9.59 Å². The van der Waals surface area contributed by atoms with Crippen molar-refractivity contribution >= 4 is 11.8 Å². The fourth-order valence-electron chi connectivity index (χ4n) is 3.20. The lowest BCUT2D eigenvalue weighted by atomic mass is 10.1. The molecule has 1 fully saturated rings. The summed E-state index contributed by atoms with van der Waals surface area (Å²) in [6.45, 7) is 0.888. The van der Waals surface area contributed by atoms with Gasteiger partial charge in [-0.1, -0.05) is 30.3 Å². The molecule has 0 saturated carbocycles. The number of methoxy groups -OCH3 is 1. The number of ether oxygens (including phenoxy) is 1. The lowest BCUT2D eigenvalue weighted by molar-refractivity contribution is -0.135. The summed E-state index contributed by atoms with van der Waals surface area (Å²) in [5, 5.41) is 12.0. The minimum Gasteiger partial charge on any atom is -0.383 e. The molecule has 2 rings (SSSR count). The number of carbonyl (C=O) groups excluding carboxylic acids is 2. The number of likely N-dealkylation sites (tertiary alicyclic amines) is 1. The lowest BCUT2D eigenvalue weighted by Crippen LogP contribution is -2.49. The normalized spacial score (nSPS) is 18.8. The van der Waals surface area contributed by atoms with Gasteiger partial charge in [-0.15, -0.1) is 0 Å². The van der Waals surface area contributed by atoms with Gasteiger partial charge >= 0.3 is 0 Å².